The molecule has 0 saturated heterocycles. The summed E-state index contributed by atoms with van der Waals surface area (Å²) in [5, 5.41) is 4.54. The van der Waals surface area contributed by atoms with Crippen molar-refractivity contribution in [1.82, 2.24) is 0 Å². The van der Waals surface area contributed by atoms with Crippen LogP contribution in [0.25, 0.3) is 0 Å². The van der Waals surface area contributed by atoms with Crippen molar-refractivity contribution in [1.29, 1.82) is 0 Å². The summed E-state index contributed by atoms with van der Waals surface area (Å²) >= 11 is 7.85. The zero-order valence-electron chi connectivity index (χ0n) is 6.88. The van der Waals surface area contributed by atoms with Crippen molar-refractivity contribution in [3.05, 3.63) is 22.4 Å². The Hall–Kier alpha value is -0.0100. The van der Waals surface area contributed by atoms with Gasteiger partial charge in [0, 0.05) is 5.38 Å². The molecule has 0 aliphatic heterocycles. The van der Waals surface area contributed by atoms with E-state index in [1.807, 2.05) is 0 Å². The standard InChI is InChI=1S/C9H13ClS/c1-7(2)9(10)5-8-3-4-11-6-8/h3-4,6-7,9H,5H2,1-2H3. The van der Waals surface area contributed by atoms with E-state index in [1.54, 1.807) is 11.3 Å². The molecule has 62 valence electrons. The molecule has 1 atom stereocenters. The summed E-state index contributed by atoms with van der Waals surface area (Å²) in [5.74, 6) is 0.566. The summed E-state index contributed by atoms with van der Waals surface area (Å²) in [7, 11) is 0. The Balaban J connectivity index is 2.43. The van der Waals surface area contributed by atoms with Gasteiger partial charge in [0.2, 0.25) is 0 Å². The molecule has 0 bridgehead atoms. The van der Waals surface area contributed by atoms with Crippen molar-refractivity contribution in [2.24, 2.45) is 5.92 Å². The van der Waals surface area contributed by atoms with Gasteiger partial charge in [0.25, 0.3) is 0 Å². The third-order valence-corrected chi connectivity index (χ3v) is 3.12. The number of halogens is 1. The monoisotopic (exact) mass is 188 g/mol. The molecule has 1 aromatic rings. The van der Waals surface area contributed by atoms with Gasteiger partial charge >= 0.3 is 0 Å². The molecule has 0 saturated carbocycles. The van der Waals surface area contributed by atoms with Crippen molar-refractivity contribution in [3.8, 4) is 0 Å². The quantitative estimate of drug-likeness (QED) is 0.637. The third-order valence-electron chi connectivity index (χ3n) is 1.73. The van der Waals surface area contributed by atoms with Gasteiger partial charge in [-0.15, -0.1) is 11.6 Å². The Morgan fingerprint density at radius 1 is 1.55 bits per heavy atom. The maximum atomic E-state index is 6.11. The summed E-state index contributed by atoms with van der Waals surface area (Å²) < 4.78 is 0. The van der Waals surface area contributed by atoms with Gasteiger partial charge in [-0.25, -0.2) is 0 Å². The molecule has 0 radical (unpaired) electrons. The third kappa shape index (κ3) is 2.84. The number of hydrogen-bond donors (Lipinski definition) is 0. The first-order chi connectivity index (χ1) is 5.20. The van der Waals surface area contributed by atoms with Gasteiger partial charge in [0.15, 0.2) is 0 Å². The lowest BCUT2D eigenvalue weighted by Crippen LogP contribution is -2.10. The molecule has 0 nitrogen and oxygen atoms in total. The van der Waals surface area contributed by atoms with E-state index < -0.39 is 0 Å². The summed E-state index contributed by atoms with van der Waals surface area (Å²) in [6.07, 6.45) is 1.00. The Morgan fingerprint density at radius 3 is 2.73 bits per heavy atom. The Bertz CT molecular complexity index is 191. The lowest BCUT2D eigenvalue weighted by Gasteiger charge is -2.11. The molecule has 0 N–H and O–H groups in total. The second kappa shape index (κ2) is 4.13. The molecule has 0 fully saturated rings. The molecule has 0 aliphatic carbocycles. The van der Waals surface area contributed by atoms with Gasteiger partial charge in [-0.3, -0.25) is 0 Å². The Morgan fingerprint density at radius 2 is 2.27 bits per heavy atom. The second-order valence-electron chi connectivity index (χ2n) is 3.10. The average molecular weight is 189 g/mol. The molecule has 0 aliphatic rings. The zero-order chi connectivity index (χ0) is 8.27. The highest BCUT2D eigenvalue weighted by Crippen LogP contribution is 2.17. The fourth-order valence-electron chi connectivity index (χ4n) is 0.870. The normalized spacial score (nSPS) is 13.8. The largest absolute Gasteiger partial charge is 0.152 e. The van der Waals surface area contributed by atoms with E-state index in [4.69, 9.17) is 11.6 Å². The first-order valence-corrected chi connectivity index (χ1v) is 5.23. The number of rotatable bonds is 3. The van der Waals surface area contributed by atoms with Crippen molar-refractivity contribution in [2.75, 3.05) is 0 Å². The van der Waals surface area contributed by atoms with Crippen LogP contribution in [0.15, 0.2) is 16.8 Å². The Kier molecular flexibility index (Phi) is 3.41. The van der Waals surface area contributed by atoms with Crippen LogP contribution in [0.5, 0.6) is 0 Å². The fourth-order valence-corrected chi connectivity index (χ4v) is 1.73. The Labute approximate surface area is 77.2 Å². The predicted molar refractivity (Wildman–Crippen MR) is 52.5 cm³/mol. The molecule has 11 heavy (non-hydrogen) atoms. The van der Waals surface area contributed by atoms with Crippen molar-refractivity contribution in [2.45, 2.75) is 25.6 Å². The van der Waals surface area contributed by atoms with E-state index in [1.165, 1.54) is 5.56 Å². The lowest BCUT2D eigenvalue weighted by molar-refractivity contribution is 0.597. The van der Waals surface area contributed by atoms with Crippen LogP contribution < -0.4 is 0 Å². The minimum atomic E-state index is 0.282. The highest BCUT2D eigenvalue weighted by molar-refractivity contribution is 7.07. The molecular weight excluding hydrogens is 176 g/mol. The highest BCUT2D eigenvalue weighted by Gasteiger charge is 2.09. The van der Waals surface area contributed by atoms with Crippen molar-refractivity contribution in [3.63, 3.8) is 0 Å². The highest BCUT2D eigenvalue weighted by atomic mass is 35.5. The average Bonchev–Trinajstić information content (AvgIpc) is 2.39. The van der Waals surface area contributed by atoms with E-state index in [2.05, 4.69) is 30.7 Å². The molecule has 0 aromatic carbocycles. The van der Waals surface area contributed by atoms with Crippen LogP contribution in [0.4, 0.5) is 0 Å². The molecule has 2 heteroatoms. The van der Waals surface area contributed by atoms with Crippen molar-refractivity contribution < 1.29 is 0 Å². The van der Waals surface area contributed by atoms with Crippen LogP contribution in [0.3, 0.4) is 0 Å². The van der Waals surface area contributed by atoms with Gasteiger partial charge in [0.05, 0.1) is 0 Å². The van der Waals surface area contributed by atoms with Crippen LogP contribution >= 0.6 is 22.9 Å². The molecule has 0 amide bonds. The predicted octanol–water partition coefficient (Wildman–Crippen LogP) is 3.55. The van der Waals surface area contributed by atoms with Crippen molar-refractivity contribution >= 4 is 22.9 Å². The maximum Gasteiger partial charge on any atom is 0.0399 e. The minimum absolute atomic E-state index is 0.282. The summed E-state index contributed by atoms with van der Waals surface area (Å²) in [4.78, 5) is 0. The second-order valence-corrected chi connectivity index (χ2v) is 4.44. The van der Waals surface area contributed by atoms with Gasteiger partial charge in [-0.2, -0.15) is 11.3 Å². The first-order valence-electron chi connectivity index (χ1n) is 3.85. The van der Waals surface area contributed by atoms with E-state index in [-0.39, 0.29) is 5.38 Å². The summed E-state index contributed by atoms with van der Waals surface area (Å²) in [6, 6.07) is 2.14. The summed E-state index contributed by atoms with van der Waals surface area (Å²) in [5.41, 5.74) is 1.36. The van der Waals surface area contributed by atoms with E-state index in [0.29, 0.717) is 5.92 Å². The minimum Gasteiger partial charge on any atom is -0.152 e. The maximum absolute atomic E-state index is 6.11. The molecular formula is C9H13ClS. The van der Waals surface area contributed by atoms with Gasteiger partial charge in [-0.1, -0.05) is 13.8 Å². The zero-order valence-corrected chi connectivity index (χ0v) is 8.45. The van der Waals surface area contributed by atoms with Gasteiger partial charge in [-0.05, 0) is 34.7 Å². The molecule has 1 aromatic heterocycles. The SMILES string of the molecule is CC(C)C(Cl)Cc1ccsc1. The van der Waals surface area contributed by atoms with Crippen LogP contribution in [0, 0.1) is 5.92 Å². The van der Waals surface area contributed by atoms with Gasteiger partial charge in [0.1, 0.15) is 0 Å². The smallest absolute Gasteiger partial charge is 0.0399 e. The molecule has 0 spiro atoms. The van der Waals surface area contributed by atoms with Crippen LogP contribution in [0.1, 0.15) is 19.4 Å². The van der Waals surface area contributed by atoms with Gasteiger partial charge < -0.3 is 0 Å². The molecule has 1 rings (SSSR count). The van der Waals surface area contributed by atoms with E-state index in [0.717, 1.165) is 6.42 Å². The lowest BCUT2D eigenvalue weighted by atomic mass is 10.0. The number of alkyl halides is 1. The van der Waals surface area contributed by atoms with Crippen LogP contribution in [-0.2, 0) is 6.42 Å². The molecule has 1 heterocycles. The fraction of sp³-hybridized carbons (Fsp3) is 0.556. The van der Waals surface area contributed by atoms with E-state index in [9.17, 15) is 0 Å². The van der Waals surface area contributed by atoms with Crippen LogP contribution in [-0.4, -0.2) is 5.38 Å². The first kappa shape index (κ1) is 9.08. The molecule has 1 unspecified atom stereocenters. The number of thiophene rings is 1. The number of hydrogen-bond acceptors (Lipinski definition) is 1. The van der Waals surface area contributed by atoms with Crippen LogP contribution in [0.2, 0.25) is 0 Å². The summed E-state index contributed by atoms with van der Waals surface area (Å²) in [6.45, 7) is 4.31. The van der Waals surface area contributed by atoms with E-state index >= 15 is 0 Å². The topological polar surface area (TPSA) is 0 Å².